The second-order valence-corrected chi connectivity index (χ2v) is 5.57. The van der Waals surface area contributed by atoms with Crippen LogP contribution < -0.4 is 11.1 Å². The predicted octanol–water partition coefficient (Wildman–Crippen LogP) is 1.30. The molecule has 1 atom stereocenters. The Hall–Kier alpha value is -2.70. The molecule has 1 heterocycles. The first-order valence-electron chi connectivity index (χ1n) is 7.44. The van der Waals surface area contributed by atoms with Gasteiger partial charge >= 0.3 is 0 Å². The molecule has 1 aromatic heterocycles. The van der Waals surface area contributed by atoms with Crippen molar-refractivity contribution in [2.75, 3.05) is 0 Å². The van der Waals surface area contributed by atoms with E-state index in [1.165, 1.54) is 0 Å². The van der Waals surface area contributed by atoms with Crippen LogP contribution in [0.4, 0.5) is 0 Å². The summed E-state index contributed by atoms with van der Waals surface area (Å²) in [5.41, 5.74) is 6.11. The highest BCUT2D eigenvalue weighted by molar-refractivity contribution is 5.86. The third kappa shape index (κ3) is 4.64. The van der Waals surface area contributed by atoms with Crippen LogP contribution in [0.3, 0.4) is 0 Å². The minimum absolute atomic E-state index is 0.0652. The molecule has 0 radical (unpaired) electrons. The smallest absolute Gasteiger partial charge is 0.240 e. The van der Waals surface area contributed by atoms with Crippen LogP contribution in [0, 0.1) is 5.92 Å². The van der Waals surface area contributed by atoms with Crippen molar-refractivity contribution in [3.05, 3.63) is 36.2 Å². The van der Waals surface area contributed by atoms with Crippen molar-refractivity contribution in [2.24, 2.45) is 11.7 Å². The van der Waals surface area contributed by atoms with Crippen molar-refractivity contribution < 1.29 is 14.1 Å². The zero-order valence-electron chi connectivity index (χ0n) is 13.2. The molecule has 0 fully saturated rings. The summed E-state index contributed by atoms with van der Waals surface area (Å²) >= 11 is 0. The van der Waals surface area contributed by atoms with Gasteiger partial charge in [-0.1, -0.05) is 49.3 Å². The number of nitrogens with zero attached hydrogens (tertiary/aromatic N) is 2. The van der Waals surface area contributed by atoms with Gasteiger partial charge in [-0.15, -0.1) is 0 Å². The number of primary amides is 1. The number of aryl methyl sites for hydroxylation is 1. The molecule has 0 bridgehead atoms. The zero-order chi connectivity index (χ0) is 16.8. The maximum Gasteiger partial charge on any atom is 0.240 e. The molecular weight excluding hydrogens is 296 g/mol. The highest BCUT2D eigenvalue weighted by Crippen LogP contribution is 2.15. The Morgan fingerprint density at radius 1 is 1.26 bits per heavy atom. The molecule has 0 aliphatic rings. The summed E-state index contributed by atoms with van der Waals surface area (Å²) in [6.07, 6.45) is 0.447. The number of nitrogens with one attached hydrogen (secondary N) is 1. The van der Waals surface area contributed by atoms with Gasteiger partial charge in [0.1, 0.15) is 6.04 Å². The lowest BCUT2D eigenvalue weighted by molar-refractivity contribution is -0.128. The fourth-order valence-electron chi connectivity index (χ4n) is 2.09. The van der Waals surface area contributed by atoms with Crippen LogP contribution in [0.25, 0.3) is 11.4 Å². The summed E-state index contributed by atoms with van der Waals surface area (Å²) in [6.45, 7) is 3.64. The molecule has 0 aliphatic carbocycles. The monoisotopic (exact) mass is 316 g/mol. The largest absolute Gasteiger partial charge is 0.368 e. The van der Waals surface area contributed by atoms with Crippen molar-refractivity contribution >= 4 is 11.8 Å². The van der Waals surface area contributed by atoms with Crippen LogP contribution in [0.15, 0.2) is 34.9 Å². The molecule has 7 nitrogen and oxygen atoms in total. The Morgan fingerprint density at radius 2 is 1.96 bits per heavy atom. The van der Waals surface area contributed by atoms with Crippen LogP contribution >= 0.6 is 0 Å². The average Bonchev–Trinajstić information content (AvgIpc) is 3.00. The summed E-state index contributed by atoms with van der Waals surface area (Å²) in [7, 11) is 0. The van der Waals surface area contributed by atoms with Crippen LogP contribution in [0.5, 0.6) is 0 Å². The van der Waals surface area contributed by atoms with Crippen molar-refractivity contribution in [3.63, 3.8) is 0 Å². The lowest BCUT2D eigenvalue weighted by atomic mass is 10.0. The molecule has 122 valence electrons. The molecule has 0 unspecified atom stereocenters. The van der Waals surface area contributed by atoms with Crippen molar-refractivity contribution in [3.8, 4) is 11.4 Å². The number of carbonyl (C=O) groups excluding carboxylic acids is 2. The molecule has 1 aromatic carbocycles. The number of carbonyl (C=O) groups is 2. The van der Waals surface area contributed by atoms with E-state index in [-0.39, 0.29) is 18.2 Å². The van der Waals surface area contributed by atoms with Gasteiger partial charge in [-0.3, -0.25) is 9.59 Å². The Labute approximate surface area is 134 Å². The second-order valence-electron chi connectivity index (χ2n) is 5.57. The third-order valence-electron chi connectivity index (χ3n) is 3.36. The lowest BCUT2D eigenvalue weighted by Crippen LogP contribution is -2.47. The Kier molecular flexibility index (Phi) is 5.46. The Bertz CT molecular complexity index is 667. The minimum atomic E-state index is -0.676. The van der Waals surface area contributed by atoms with Gasteiger partial charge < -0.3 is 15.6 Å². The third-order valence-corrected chi connectivity index (χ3v) is 3.36. The predicted molar refractivity (Wildman–Crippen MR) is 84.0 cm³/mol. The fraction of sp³-hybridized carbons (Fsp3) is 0.375. The van der Waals surface area contributed by atoms with Gasteiger partial charge in [-0.2, -0.15) is 4.98 Å². The first kappa shape index (κ1) is 16.7. The van der Waals surface area contributed by atoms with Crippen LogP contribution in [0.2, 0.25) is 0 Å². The molecule has 0 spiro atoms. The highest BCUT2D eigenvalue weighted by Gasteiger charge is 2.21. The van der Waals surface area contributed by atoms with Crippen LogP contribution in [-0.2, 0) is 16.0 Å². The molecule has 0 saturated heterocycles. The lowest BCUT2D eigenvalue weighted by Gasteiger charge is -2.18. The topological polar surface area (TPSA) is 111 Å². The first-order valence-corrected chi connectivity index (χ1v) is 7.44. The second kappa shape index (κ2) is 7.53. The normalized spacial score (nSPS) is 12.1. The molecule has 2 aromatic rings. The summed E-state index contributed by atoms with van der Waals surface area (Å²) in [4.78, 5) is 27.4. The molecule has 3 N–H and O–H groups in total. The number of rotatable bonds is 7. The fourth-order valence-corrected chi connectivity index (χ4v) is 2.09. The molecule has 0 aliphatic heterocycles. The quantitative estimate of drug-likeness (QED) is 0.799. The summed E-state index contributed by atoms with van der Waals surface area (Å²) in [5, 5.41) is 6.51. The van der Waals surface area contributed by atoms with E-state index < -0.39 is 11.9 Å². The zero-order valence-corrected chi connectivity index (χ0v) is 13.2. The van der Waals surface area contributed by atoms with Crippen LogP contribution in [-0.4, -0.2) is 28.0 Å². The van der Waals surface area contributed by atoms with Gasteiger partial charge in [-0.25, -0.2) is 0 Å². The Morgan fingerprint density at radius 3 is 2.57 bits per heavy atom. The van der Waals surface area contributed by atoms with Gasteiger partial charge in [0.15, 0.2) is 0 Å². The van der Waals surface area contributed by atoms with E-state index in [1.807, 2.05) is 44.2 Å². The van der Waals surface area contributed by atoms with E-state index >= 15 is 0 Å². The van der Waals surface area contributed by atoms with Gasteiger partial charge in [0.2, 0.25) is 23.5 Å². The molecule has 2 rings (SSSR count). The minimum Gasteiger partial charge on any atom is -0.368 e. The number of nitrogens with two attached hydrogens (primary N) is 1. The van der Waals surface area contributed by atoms with Crippen molar-refractivity contribution in [1.29, 1.82) is 0 Å². The number of aromatic nitrogens is 2. The number of hydrogen-bond acceptors (Lipinski definition) is 5. The molecule has 2 amide bonds. The number of amides is 2. The Balaban J connectivity index is 1.90. The summed E-state index contributed by atoms with van der Waals surface area (Å²) < 4.78 is 5.14. The van der Waals surface area contributed by atoms with Crippen molar-refractivity contribution in [2.45, 2.75) is 32.7 Å². The maximum atomic E-state index is 11.9. The average molecular weight is 316 g/mol. The first-order chi connectivity index (χ1) is 11.0. The standard InChI is InChI=1S/C16H20N4O3/c1-10(2)14(15(17)22)18-12(21)8-9-13-19-16(20-23-13)11-6-4-3-5-7-11/h3-7,10,14H,8-9H2,1-2H3,(H2,17,22)(H,18,21)/t14-/m0/s1. The van der Waals surface area contributed by atoms with E-state index in [9.17, 15) is 9.59 Å². The van der Waals surface area contributed by atoms with Gasteiger partial charge in [0.05, 0.1) is 0 Å². The van der Waals surface area contributed by atoms with Gasteiger partial charge in [0.25, 0.3) is 0 Å². The van der Waals surface area contributed by atoms with Gasteiger partial charge in [0, 0.05) is 18.4 Å². The maximum absolute atomic E-state index is 11.9. The molecule has 7 heteroatoms. The van der Waals surface area contributed by atoms with Crippen molar-refractivity contribution in [1.82, 2.24) is 15.5 Å². The molecule has 23 heavy (non-hydrogen) atoms. The van der Waals surface area contributed by atoms with E-state index in [4.69, 9.17) is 10.3 Å². The van der Waals surface area contributed by atoms with E-state index in [0.717, 1.165) is 5.56 Å². The van der Waals surface area contributed by atoms with E-state index in [0.29, 0.717) is 18.1 Å². The molecule has 0 saturated carbocycles. The SMILES string of the molecule is CC(C)[C@H](NC(=O)CCc1nc(-c2ccccc2)no1)C(N)=O. The van der Waals surface area contributed by atoms with E-state index in [2.05, 4.69) is 15.5 Å². The summed E-state index contributed by atoms with van der Waals surface area (Å²) in [6, 6.07) is 8.75. The highest BCUT2D eigenvalue weighted by atomic mass is 16.5. The summed E-state index contributed by atoms with van der Waals surface area (Å²) in [5.74, 6) is -0.0265. The van der Waals surface area contributed by atoms with Gasteiger partial charge in [-0.05, 0) is 5.92 Å². The number of benzene rings is 1. The molecular formula is C16H20N4O3. The number of hydrogen-bond donors (Lipinski definition) is 2. The van der Waals surface area contributed by atoms with Crippen LogP contribution in [0.1, 0.15) is 26.2 Å². The van der Waals surface area contributed by atoms with E-state index in [1.54, 1.807) is 0 Å².